The molecule has 0 aliphatic carbocycles. The zero-order valence-corrected chi connectivity index (χ0v) is 16.9. The molecule has 0 heterocycles. The molecular weight excluding hydrogens is 356 g/mol. The molecule has 6 nitrogen and oxygen atoms in total. The van der Waals surface area contributed by atoms with Crippen LogP contribution in [-0.4, -0.2) is 29.8 Å². The van der Waals surface area contributed by atoms with E-state index in [1.807, 2.05) is 19.1 Å². The lowest BCUT2D eigenvalue weighted by Crippen LogP contribution is -2.24. The average molecular weight is 382 g/mol. The first-order valence-electron chi connectivity index (χ1n) is 9.04. The van der Waals surface area contributed by atoms with Crippen LogP contribution in [0.3, 0.4) is 0 Å². The molecule has 0 atom stereocenters. The molecule has 0 unspecified atom stereocenters. The smallest absolute Gasteiger partial charge is 0.338 e. The molecule has 0 aliphatic heterocycles. The third-order valence-corrected chi connectivity index (χ3v) is 3.78. The lowest BCUT2D eigenvalue weighted by atomic mass is 10.1. The van der Waals surface area contributed by atoms with Crippen LogP contribution < -0.4 is 10.6 Å². The summed E-state index contributed by atoms with van der Waals surface area (Å²) < 4.78 is 5.38. The molecule has 0 saturated carbocycles. The summed E-state index contributed by atoms with van der Waals surface area (Å²) in [4.78, 5) is 36.2. The summed E-state index contributed by atoms with van der Waals surface area (Å²) in [5.41, 5.74) is 2.32. The van der Waals surface area contributed by atoms with Crippen molar-refractivity contribution in [3.63, 3.8) is 0 Å². The molecule has 0 radical (unpaired) electrons. The topological polar surface area (TPSA) is 84.5 Å². The van der Waals surface area contributed by atoms with E-state index < -0.39 is 11.6 Å². The molecule has 28 heavy (non-hydrogen) atoms. The van der Waals surface area contributed by atoms with Crippen molar-refractivity contribution in [2.24, 2.45) is 0 Å². The number of nitrogens with one attached hydrogen (secondary N) is 2. The van der Waals surface area contributed by atoms with E-state index in [9.17, 15) is 14.4 Å². The fourth-order valence-corrected chi connectivity index (χ4v) is 2.47. The van der Waals surface area contributed by atoms with E-state index >= 15 is 0 Å². The van der Waals surface area contributed by atoms with Crippen LogP contribution in [0.25, 0.3) is 0 Å². The number of carbonyl (C=O) groups is 3. The fraction of sp³-hybridized carbons (Fsp3) is 0.318. The number of hydrogen-bond acceptors (Lipinski definition) is 5. The van der Waals surface area contributed by atoms with Crippen LogP contribution in [0.2, 0.25) is 0 Å². The van der Waals surface area contributed by atoms with Crippen LogP contribution in [0.1, 0.15) is 54.0 Å². The number of Topliss-reactive ketones (excluding diaryl/α,β-unsaturated/α-hetero) is 1. The highest BCUT2D eigenvalue weighted by Crippen LogP contribution is 2.25. The standard InChI is InChI=1S/C22H26N2O4/c1-14-6-8-16(9-7-14)20(26)13-23-19-12-17(21(27)28-22(3,4)5)10-11-18(19)24-15(2)25/h6-12,23H,13H2,1-5H3,(H,24,25). The van der Waals surface area contributed by atoms with Crippen molar-refractivity contribution in [1.82, 2.24) is 0 Å². The van der Waals surface area contributed by atoms with Crippen molar-refractivity contribution < 1.29 is 19.1 Å². The molecule has 2 aromatic rings. The average Bonchev–Trinajstić information content (AvgIpc) is 2.59. The Balaban J connectivity index is 2.22. The number of benzene rings is 2. The number of amides is 1. The fourth-order valence-electron chi connectivity index (χ4n) is 2.47. The highest BCUT2D eigenvalue weighted by atomic mass is 16.6. The first-order chi connectivity index (χ1) is 13.0. The number of anilines is 2. The molecule has 0 saturated heterocycles. The van der Waals surface area contributed by atoms with Crippen molar-refractivity contribution in [2.75, 3.05) is 17.2 Å². The molecule has 2 rings (SSSR count). The van der Waals surface area contributed by atoms with Gasteiger partial charge in [-0.2, -0.15) is 0 Å². The van der Waals surface area contributed by atoms with Gasteiger partial charge in [0.2, 0.25) is 5.91 Å². The quantitative estimate of drug-likeness (QED) is 0.578. The maximum absolute atomic E-state index is 12.4. The van der Waals surface area contributed by atoms with Gasteiger partial charge in [-0.05, 0) is 45.9 Å². The minimum absolute atomic E-state index is 0.0212. The van der Waals surface area contributed by atoms with E-state index in [1.165, 1.54) is 6.92 Å². The Labute approximate surface area is 165 Å². The third kappa shape index (κ3) is 6.23. The first kappa shape index (κ1) is 21.2. The minimum Gasteiger partial charge on any atom is -0.456 e. The Morgan fingerprint density at radius 3 is 2.11 bits per heavy atom. The van der Waals surface area contributed by atoms with E-state index in [-0.39, 0.29) is 18.2 Å². The summed E-state index contributed by atoms with van der Waals surface area (Å²) in [6.07, 6.45) is 0. The van der Waals surface area contributed by atoms with Gasteiger partial charge in [-0.25, -0.2) is 4.79 Å². The normalized spacial score (nSPS) is 10.9. The van der Waals surface area contributed by atoms with Crippen LogP contribution >= 0.6 is 0 Å². The van der Waals surface area contributed by atoms with Gasteiger partial charge in [0, 0.05) is 12.5 Å². The van der Waals surface area contributed by atoms with E-state index in [4.69, 9.17) is 4.74 Å². The maximum Gasteiger partial charge on any atom is 0.338 e. The van der Waals surface area contributed by atoms with Gasteiger partial charge in [0.05, 0.1) is 23.5 Å². The Kier molecular flexibility index (Phi) is 6.57. The highest BCUT2D eigenvalue weighted by Gasteiger charge is 2.19. The van der Waals surface area contributed by atoms with Crippen molar-refractivity contribution in [3.8, 4) is 0 Å². The van der Waals surface area contributed by atoms with Gasteiger partial charge >= 0.3 is 5.97 Å². The number of rotatable bonds is 6. The van der Waals surface area contributed by atoms with Crippen LogP contribution in [0.4, 0.5) is 11.4 Å². The van der Waals surface area contributed by atoms with Gasteiger partial charge < -0.3 is 15.4 Å². The number of ether oxygens (including phenoxy) is 1. The van der Waals surface area contributed by atoms with Crippen LogP contribution in [-0.2, 0) is 9.53 Å². The molecule has 148 valence electrons. The second kappa shape index (κ2) is 8.69. The highest BCUT2D eigenvalue weighted by molar-refractivity contribution is 6.01. The number of aryl methyl sites for hydroxylation is 1. The number of esters is 1. The minimum atomic E-state index is -0.623. The predicted octanol–water partition coefficient (Wildman–Crippen LogP) is 4.20. The zero-order chi connectivity index (χ0) is 20.9. The molecule has 0 fully saturated rings. The lowest BCUT2D eigenvalue weighted by Gasteiger charge is -2.20. The number of ketones is 1. The summed E-state index contributed by atoms with van der Waals surface area (Å²) in [7, 11) is 0. The summed E-state index contributed by atoms with van der Waals surface area (Å²) in [6.45, 7) is 8.73. The summed E-state index contributed by atoms with van der Waals surface area (Å²) in [6, 6.07) is 12.0. The zero-order valence-electron chi connectivity index (χ0n) is 16.9. The monoisotopic (exact) mass is 382 g/mol. The summed E-state index contributed by atoms with van der Waals surface area (Å²) in [5.74, 6) is -0.829. The Bertz CT molecular complexity index is 880. The second-order valence-corrected chi connectivity index (χ2v) is 7.59. The molecule has 0 aromatic heterocycles. The first-order valence-corrected chi connectivity index (χ1v) is 9.04. The molecule has 2 N–H and O–H groups in total. The van der Waals surface area contributed by atoms with Gasteiger partial charge in [-0.3, -0.25) is 9.59 Å². The molecule has 0 spiro atoms. The van der Waals surface area contributed by atoms with E-state index in [2.05, 4.69) is 10.6 Å². The maximum atomic E-state index is 12.4. The van der Waals surface area contributed by atoms with Crippen LogP contribution in [0.15, 0.2) is 42.5 Å². The van der Waals surface area contributed by atoms with E-state index in [1.54, 1.807) is 51.1 Å². The SMILES string of the molecule is CC(=O)Nc1ccc(C(=O)OC(C)(C)C)cc1NCC(=O)c1ccc(C)cc1. The summed E-state index contributed by atoms with van der Waals surface area (Å²) >= 11 is 0. The molecule has 1 amide bonds. The number of carbonyl (C=O) groups excluding carboxylic acids is 3. The molecule has 0 aliphatic rings. The molecule has 2 aromatic carbocycles. The van der Waals surface area contributed by atoms with Crippen LogP contribution in [0, 0.1) is 6.92 Å². The van der Waals surface area contributed by atoms with Crippen molar-refractivity contribution in [2.45, 2.75) is 40.2 Å². The van der Waals surface area contributed by atoms with Crippen LogP contribution in [0.5, 0.6) is 0 Å². The van der Waals surface area contributed by atoms with E-state index in [0.29, 0.717) is 22.5 Å². The second-order valence-electron chi connectivity index (χ2n) is 7.59. The molecule has 6 heteroatoms. The molecular formula is C22H26N2O4. The van der Waals surface area contributed by atoms with Crippen molar-refractivity contribution >= 4 is 29.0 Å². The van der Waals surface area contributed by atoms with Gasteiger partial charge in [0.25, 0.3) is 0 Å². The predicted molar refractivity (Wildman–Crippen MR) is 110 cm³/mol. The Morgan fingerprint density at radius 2 is 1.54 bits per heavy atom. The molecule has 0 bridgehead atoms. The third-order valence-electron chi connectivity index (χ3n) is 3.78. The van der Waals surface area contributed by atoms with Gasteiger partial charge in [0.15, 0.2) is 5.78 Å². The van der Waals surface area contributed by atoms with Crippen molar-refractivity contribution in [3.05, 3.63) is 59.2 Å². The lowest BCUT2D eigenvalue weighted by molar-refractivity contribution is -0.114. The van der Waals surface area contributed by atoms with Gasteiger partial charge in [0.1, 0.15) is 5.60 Å². The van der Waals surface area contributed by atoms with E-state index in [0.717, 1.165) is 5.56 Å². The van der Waals surface area contributed by atoms with Gasteiger partial charge in [-0.15, -0.1) is 0 Å². The van der Waals surface area contributed by atoms with Gasteiger partial charge in [-0.1, -0.05) is 29.8 Å². The summed E-state index contributed by atoms with van der Waals surface area (Å²) in [5, 5.41) is 5.71. The Hall–Kier alpha value is -3.15. The Morgan fingerprint density at radius 1 is 0.929 bits per heavy atom. The largest absolute Gasteiger partial charge is 0.456 e. The van der Waals surface area contributed by atoms with Crippen molar-refractivity contribution in [1.29, 1.82) is 0 Å². The number of hydrogen-bond donors (Lipinski definition) is 2.